The van der Waals surface area contributed by atoms with Gasteiger partial charge >= 0.3 is 0 Å². The zero-order valence-corrected chi connectivity index (χ0v) is 10.4. The van der Waals surface area contributed by atoms with Gasteiger partial charge in [0.2, 0.25) is 0 Å². The Balaban J connectivity index is 2.64. The molecule has 0 spiro atoms. The van der Waals surface area contributed by atoms with Crippen LogP contribution in [0.25, 0.3) is 0 Å². The maximum atomic E-state index is 13.5. The minimum atomic E-state index is -0.810. The van der Waals surface area contributed by atoms with E-state index in [4.69, 9.17) is 9.47 Å². The number of aliphatic hydroxyl groups excluding tert-OH is 1. The van der Waals surface area contributed by atoms with Crippen LogP contribution in [0.2, 0.25) is 0 Å². The van der Waals surface area contributed by atoms with Gasteiger partial charge in [0.05, 0.1) is 12.2 Å². The van der Waals surface area contributed by atoms with E-state index in [0.29, 0.717) is 12.4 Å². The summed E-state index contributed by atoms with van der Waals surface area (Å²) in [5.41, 5.74) is 0.280. The second kappa shape index (κ2) is 6.57. The van der Waals surface area contributed by atoms with Crippen LogP contribution in [-0.2, 0) is 4.74 Å². The van der Waals surface area contributed by atoms with Crippen molar-refractivity contribution in [3.05, 3.63) is 29.6 Å². The smallest absolute Gasteiger partial charge is 0.132 e. The molecule has 2 unspecified atom stereocenters. The lowest BCUT2D eigenvalue weighted by Gasteiger charge is -2.15. The highest BCUT2D eigenvalue weighted by molar-refractivity contribution is 5.30. The highest BCUT2D eigenvalue weighted by Crippen LogP contribution is 2.22. The number of rotatable bonds is 6. The van der Waals surface area contributed by atoms with E-state index < -0.39 is 11.9 Å². The molecular formula is C13H19FO3. The zero-order valence-electron chi connectivity index (χ0n) is 10.4. The Labute approximate surface area is 101 Å². The first-order valence-electron chi connectivity index (χ1n) is 5.67. The number of hydrogen-bond donors (Lipinski definition) is 1. The molecule has 3 nitrogen and oxygen atoms in total. The van der Waals surface area contributed by atoms with Crippen molar-refractivity contribution in [3.8, 4) is 5.75 Å². The van der Waals surface area contributed by atoms with Gasteiger partial charge in [-0.05, 0) is 26.0 Å². The molecule has 96 valence electrons. The topological polar surface area (TPSA) is 38.7 Å². The van der Waals surface area contributed by atoms with Crippen LogP contribution in [0.5, 0.6) is 5.75 Å². The lowest BCUT2D eigenvalue weighted by molar-refractivity contribution is 0.135. The standard InChI is InChI=1S/C13H19FO3/c1-9(6-7-16-3)17-11-4-5-12(10(2)15)13(14)8-11/h4-5,8-10,15H,6-7H2,1-3H3. The van der Waals surface area contributed by atoms with E-state index in [2.05, 4.69) is 0 Å². The van der Waals surface area contributed by atoms with Crippen molar-refractivity contribution in [2.24, 2.45) is 0 Å². The Bertz CT molecular complexity index is 353. The second-order valence-electron chi connectivity index (χ2n) is 4.07. The van der Waals surface area contributed by atoms with E-state index >= 15 is 0 Å². The number of halogens is 1. The Morgan fingerprint density at radius 3 is 2.59 bits per heavy atom. The average molecular weight is 242 g/mol. The van der Waals surface area contributed by atoms with Crippen molar-refractivity contribution in [1.82, 2.24) is 0 Å². The summed E-state index contributed by atoms with van der Waals surface area (Å²) >= 11 is 0. The molecule has 2 atom stereocenters. The summed E-state index contributed by atoms with van der Waals surface area (Å²) in [5, 5.41) is 9.30. The quantitative estimate of drug-likeness (QED) is 0.833. The average Bonchev–Trinajstić information content (AvgIpc) is 2.26. The number of ether oxygens (including phenoxy) is 2. The lowest BCUT2D eigenvalue weighted by Crippen LogP contribution is -2.14. The molecule has 4 heteroatoms. The maximum absolute atomic E-state index is 13.5. The third-order valence-corrected chi connectivity index (χ3v) is 2.49. The van der Waals surface area contributed by atoms with E-state index in [1.807, 2.05) is 6.92 Å². The van der Waals surface area contributed by atoms with Gasteiger partial charge in [0.15, 0.2) is 0 Å². The van der Waals surface area contributed by atoms with Crippen LogP contribution in [0.1, 0.15) is 31.9 Å². The normalized spacial score (nSPS) is 14.4. The zero-order chi connectivity index (χ0) is 12.8. The molecular weight excluding hydrogens is 223 g/mol. The first-order chi connectivity index (χ1) is 8.04. The molecule has 0 radical (unpaired) electrons. The Kier molecular flexibility index (Phi) is 5.38. The molecule has 0 bridgehead atoms. The van der Waals surface area contributed by atoms with Gasteiger partial charge in [-0.1, -0.05) is 0 Å². The maximum Gasteiger partial charge on any atom is 0.132 e. The van der Waals surface area contributed by atoms with Gasteiger partial charge in [-0.15, -0.1) is 0 Å². The highest BCUT2D eigenvalue weighted by Gasteiger charge is 2.10. The van der Waals surface area contributed by atoms with Crippen LogP contribution < -0.4 is 4.74 Å². The molecule has 1 rings (SSSR count). The molecule has 0 amide bonds. The summed E-state index contributed by atoms with van der Waals surface area (Å²) in [6, 6.07) is 4.50. The number of benzene rings is 1. The van der Waals surface area contributed by atoms with Crippen LogP contribution >= 0.6 is 0 Å². The molecule has 0 aromatic heterocycles. The van der Waals surface area contributed by atoms with E-state index in [0.717, 1.165) is 6.42 Å². The minimum Gasteiger partial charge on any atom is -0.491 e. The fourth-order valence-corrected chi connectivity index (χ4v) is 1.50. The summed E-state index contributed by atoms with van der Waals surface area (Å²) in [5.74, 6) is 0.0203. The minimum absolute atomic E-state index is 0.0354. The Morgan fingerprint density at radius 1 is 1.35 bits per heavy atom. The molecule has 0 aliphatic rings. The van der Waals surface area contributed by atoms with E-state index in [1.54, 1.807) is 19.2 Å². The second-order valence-corrected chi connectivity index (χ2v) is 4.07. The molecule has 0 heterocycles. The fourth-order valence-electron chi connectivity index (χ4n) is 1.50. The van der Waals surface area contributed by atoms with Crippen LogP contribution in [0.3, 0.4) is 0 Å². The van der Waals surface area contributed by atoms with Crippen molar-refractivity contribution < 1.29 is 19.0 Å². The Hall–Kier alpha value is -1.13. The molecule has 0 aliphatic carbocycles. The molecule has 0 aliphatic heterocycles. The van der Waals surface area contributed by atoms with Gasteiger partial charge in [0.25, 0.3) is 0 Å². The predicted molar refractivity (Wildman–Crippen MR) is 63.6 cm³/mol. The molecule has 1 N–H and O–H groups in total. The first-order valence-corrected chi connectivity index (χ1v) is 5.67. The third kappa shape index (κ3) is 4.32. The molecule has 1 aromatic rings. The SMILES string of the molecule is COCCC(C)Oc1ccc(C(C)O)c(F)c1. The van der Waals surface area contributed by atoms with Crippen molar-refractivity contribution in [1.29, 1.82) is 0 Å². The van der Waals surface area contributed by atoms with Gasteiger partial charge in [-0.25, -0.2) is 4.39 Å². The molecule has 0 saturated heterocycles. The van der Waals surface area contributed by atoms with Crippen LogP contribution in [0.15, 0.2) is 18.2 Å². The van der Waals surface area contributed by atoms with Crippen molar-refractivity contribution in [2.45, 2.75) is 32.5 Å². The number of methoxy groups -OCH3 is 1. The van der Waals surface area contributed by atoms with Gasteiger partial charge < -0.3 is 14.6 Å². The van der Waals surface area contributed by atoms with Crippen LogP contribution in [-0.4, -0.2) is 24.9 Å². The molecule has 1 aromatic carbocycles. The monoisotopic (exact) mass is 242 g/mol. The first kappa shape index (κ1) is 13.9. The van der Waals surface area contributed by atoms with Gasteiger partial charge in [-0.3, -0.25) is 0 Å². The molecule has 17 heavy (non-hydrogen) atoms. The van der Waals surface area contributed by atoms with Crippen molar-refractivity contribution in [2.75, 3.05) is 13.7 Å². The van der Waals surface area contributed by atoms with Crippen molar-refractivity contribution >= 4 is 0 Å². The van der Waals surface area contributed by atoms with Gasteiger partial charge in [0.1, 0.15) is 11.6 Å². The van der Waals surface area contributed by atoms with Crippen LogP contribution in [0, 0.1) is 5.82 Å². The molecule has 0 saturated carbocycles. The summed E-state index contributed by atoms with van der Waals surface area (Å²) < 4.78 is 24.0. The summed E-state index contributed by atoms with van der Waals surface area (Å²) in [6.45, 7) is 4.04. The Morgan fingerprint density at radius 2 is 2.06 bits per heavy atom. The summed E-state index contributed by atoms with van der Waals surface area (Å²) in [4.78, 5) is 0. The number of hydrogen-bond acceptors (Lipinski definition) is 3. The molecule has 0 fully saturated rings. The van der Waals surface area contributed by atoms with Gasteiger partial charge in [-0.2, -0.15) is 0 Å². The van der Waals surface area contributed by atoms with Crippen molar-refractivity contribution in [3.63, 3.8) is 0 Å². The fraction of sp³-hybridized carbons (Fsp3) is 0.538. The summed E-state index contributed by atoms with van der Waals surface area (Å²) in [7, 11) is 1.63. The number of aliphatic hydroxyl groups is 1. The van der Waals surface area contributed by atoms with Gasteiger partial charge in [0, 0.05) is 31.8 Å². The predicted octanol–water partition coefficient (Wildman–Crippen LogP) is 2.68. The lowest BCUT2D eigenvalue weighted by atomic mass is 10.1. The largest absolute Gasteiger partial charge is 0.491 e. The van der Waals surface area contributed by atoms with E-state index in [1.165, 1.54) is 13.0 Å². The highest BCUT2D eigenvalue weighted by atomic mass is 19.1. The third-order valence-electron chi connectivity index (χ3n) is 2.49. The van der Waals surface area contributed by atoms with E-state index in [-0.39, 0.29) is 11.7 Å². The summed E-state index contributed by atoms with van der Waals surface area (Å²) in [6.07, 6.45) is -0.0993. The van der Waals surface area contributed by atoms with E-state index in [9.17, 15) is 9.50 Å². The van der Waals surface area contributed by atoms with Crippen LogP contribution in [0.4, 0.5) is 4.39 Å².